The van der Waals surface area contributed by atoms with Crippen LogP contribution in [0, 0.1) is 10.8 Å². The summed E-state index contributed by atoms with van der Waals surface area (Å²) in [4.78, 5) is 18.5. The molecule has 0 aromatic rings. The first kappa shape index (κ1) is 21.5. The Morgan fingerprint density at radius 1 is 0.923 bits per heavy atom. The third kappa shape index (κ3) is 4.21. The van der Waals surface area contributed by atoms with Gasteiger partial charge < -0.3 is 25.3 Å². The third-order valence-electron chi connectivity index (χ3n) is 6.62. The van der Waals surface area contributed by atoms with Gasteiger partial charge in [-0.1, -0.05) is 6.92 Å². The SMILES string of the molecule is CCC(CO)(CO)CO.CN1CC1CC(C(=O)O)(C1CN1C)C1CN1C. The fraction of sp³-hybridized carbons (Fsp3) is 0.944. The van der Waals surface area contributed by atoms with Crippen molar-refractivity contribution >= 4 is 5.97 Å². The molecule has 0 spiro atoms. The minimum absolute atomic E-state index is 0.156. The Kier molecular flexibility index (Phi) is 6.69. The zero-order chi connectivity index (χ0) is 19.7. The number of aliphatic hydroxyl groups excluding tert-OH is 3. The van der Waals surface area contributed by atoms with Gasteiger partial charge in [-0.25, -0.2) is 0 Å². The van der Waals surface area contributed by atoms with Crippen molar-refractivity contribution in [2.45, 2.75) is 37.9 Å². The largest absolute Gasteiger partial charge is 0.481 e. The van der Waals surface area contributed by atoms with Gasteiger partial charge in [0.05, 0.1) is 19.8 Å². The van der Waals surface area contributed by atoms with Gasteiger partial charge >= 0.3 is 5.97 Å². The molecule has 3 saturated heterocycles. The molecule has 0 bridgehead atoms. The quantitative estimate of drug-likeness (QED) is 0.372. The van der Waals surface area contributed by atoms with E-state index in [4.69, 9.17) is 15.3 Å². The normalized spacial score (nSPS) is 37.2. The van der Waals surface area contributed by atoms with Crippen LogP contribution in [0.5, 0.6) is 0 Å². The monoisotopic (exact) mass is 373 g/mol. The van der Waals surface area contributed by atoms with Crippen molar-refractivity contribution in [2.24, 2.45) is 10.8 Å². The van der Waals surface area contributed by atoms with Crippen LogP contribution in [0.15, 0.2) is 0 Å². The van der Waals surface area contributed by atoms with Crippen LogP contribution in [0.2, 0.25) is 0 Å². The molecule has 3 heterocycles. The standard InChI is InChI=1S/C12H21N3O2.C6H14O3/c1-13-5-8(13)4-12(11(16)17,9-6-14(9)2)10-7-15(10)3;1-2-6(3-7,4-8)5-9/h8-10H,4-7H2,1-3H3,(H,16,17);7-9H,2-5H2,1H3. The first-order valence-corrected chi connectivity index (χ1v) is 9.38. The van der Waals surface area contributed by atoms with Crippen molar-refractivity contribution in [3.05, 3.63) is 0 Å². The van der Waals surface area contributed by atoms with Gasteiger partial charge in [-0.2, -0.15) is 0 Å². The van der Waals surface area contributed by atoms with E-state index >= 15 is 0 Å². The zero-order valence-corrected chi connectivity index (χ0v) is 16.4. The van der Waals surface area contributed by atoms with E-state index in [1.165, 1.54) is 0 Å². The van der Waals surface area contributed by atoms with Crippen LogP contribution in [0.1, 0.15) is 19.8 Å². The highest BCUT2D eigenvalue weighted by molar-refractivity contribution is 5.78. The van der Waals surface area contributed by atoms with E-state index in [0.29, 0.717) is 12.5 Å². The summed E-state index contributed by atoms with van der Waals surface area (Å²) in [5.74, 6) is -0.596. The predicted octanol–water partition coefficient (Wildman–Crippen LogP) is -1.25. The van der Waals surface area contributed by atoms with Crippen LogP contribution in [-0.2, 0) is 4.79 Å². The van der Waals surface area contributed by atoms with Gasteiger partial charge in [0.25, 0.3) is 0 Å². The maximum atomic E-state index is 11.9. The van der Waals surface area contributed by atoms with E-state index in [1.54, 1.807) is 0 Å². The molecule has 3 aliphatic heterocycles. The number of hydrogen-bond donors (Lipinski definition) is 4. The molecule has 0 aliphatic carbocycles. The summed E-state index contributed by atoms with van der Waals surface area (Å²) in [7, 11) is 6.13. The van der Waals surface area contributed by atoms with Gasteiger partial charge in [-0.15, -0.1) is 0 Å². The second kappa shape index (κ2) is 8.08. The molecule has 0 aromatic carbocycles. The average Bonchev–Trinajstić information content (AvgIpc) is 3.54. The Hall–Kier alpha value is -0.770. The predicted molar refractivity (Wildman–Crippen MR) is 97.9 cm³/mol. The molecule has 6 atom stereocenters. The number of hydrogen-bond acceptors (Lipinski definition) is 7. The molecule has 26 heavy (non-hydrogen) atoms. The summed E-state index contributed by atoms with van der Waals surface area (Å²) in [5, 5.41) is 35.7. The van der Waals surface area contributed by atoms with Crippen molar-refractivity contribution in [3.8, 4) is 0 Å². The number of carboxylic acid groups (broad SMARTS) is 1. The molecule has 3 rings (SSSR count). The first-order chi connectivity index (χ1) is 12.2. The molecule has 0 aromatic heterocycles. The fourth-order valence-corrected chi connectivity index (χ4v) is 3.81. The minimum Gasteiger partial charge on any atom is -0.481 e. The topological polar surface area (TPSA) is 107 Å². The van der Waals surface area contributed by atoms with Crippen molar-refractivity contribution in [3.63, 3.8) is 0 Å². The van der Waals surface area contributed by atoms with Gasteiger partial charge in [0.1, 0.15) is 5.41 Å². The second-order valence-electron chi connectivity index (χ2n) is 8.38. The van der Waals surface area contributed by atoms with E-state index < -0.39 is 16.8 Å². The summed E-state index contributed by atoms with van der Waals surface area (Å²) in [6, 6.07) is 0.960. The number of likely N-dealkylation sites (N-methyl/N-ethyl adjacent to an activating group) is 3. The van der Waals surface area contributed by atoms with Crippen molar-refractivity contribution < 1.29 is 25.2 Å². The van der Waals surface area contributed by atoms with Gasteiger partial charge in [0.2, 0.25) is 0 Å². The van der Waals surface area contributed by atoms with E-state index in [-0.39, 0.29) is 31.9 Å². The molecule has 3 aliphatic rings. The first-order valence-electron chi connectivity index (χ1n) is 9.38. The van der Waals surface area contributed by atoms with Gasteiger partial charge in [0, 0.05) is 43.2 Å². The minimum atomic E-state index is -0.667. The Labute approximate surface area is 156 Å². The lowest BCUT2D eigenvalue weighted by Gasteiger charge is -2.29. The maximum absolute atomic E-state index is 11.9. The Bertz CT molecular complexity index is 466. The number of aliphatic carboxylic acids is 1. The molecule has 8 heteroatoms. The number of nitrogens with zero attached hydrogens (tertiary/aromatic N) is 3. The Morgan fingerprint density at radius 3 is 1.46 bits per heavy atom. The summed E-state index contributed by atoms with van der Waals surface area (Å²) >= 11 is 0. The maximum Gasteiger partial charge on any atom is 0.313 e. The van der Waals surface area contributed by atoms with Crippen LogP contribution in [0.4, 0.5) is 0 Å². The van der Waals surface area contributed by atoms with Crippen LogP contribution in [0.25, 0.3) is 0 Å². The number of carboxylic acids is 1. The highest BCUT2D eigenvalue weighted by atomic mass is 16.4. The van der Waals surface area contributed by atoms with Crippen LogP contribution in [-0.4, -0.2) is 120 Å². The Balaban J connectivity index is 0.000000232. The molecule has 0 radical (unpaired) electrons. The molecule has 6 unspecified atom stereocenters. The highest BCUT2D eigenvalue weighted by Gasteiger charge is 2.65. The average molecular weight is 373 g/mol. The van der Waals surface area contributed by atoms with E-state index in [2.05, 4.69) is 21.7 Å². The smallest absolute Gasteiger partial charge is 0.313 e. The number of aliphatic hydroxyl groups is 3. The molecular formula is C18H35N3O5. The van der Waals surface area contributed by atoms with E-state index in [0.717, 1.165) is 26.1 Å². The van der Waals surface area contributed by atoms with Gasteiger partial charge in [-0.05, 0) is 34.0 Å². The molecule has 3 fully saturated rings. The second-order valence-corrected chi connectivity index (χ2v) is 8.38. The van der Waals surface area contributed by atoms with Crippen LogP contribution in [0.3, 0.4) is 0 Å². The number of rotatable bonds is 9. The lowest BCUT2D eigenvalue weighted by molar-refractivity contribution is -0.150. The van der Waals surface area contributed by atoms with Crippen LogP contribution >= 0.6 is 0 Å². The van der Waals surface area contributed by atoms with Crippen molar-refractivity contribution in [1.29, 1.82) is 0 Å². The molecule has 152 valence electrons. The summed E-state index contributed by atoms with van der Waals surface area (Å²) in [5.41, 5.74) is -1.21. The summed E-state index contributed by atoms with van der Waals surface area (Å²) in [6.07, 6.45) is 1.40. The molecule has 0 amide bonds. The third-order valence-corrected chi connectivity index (χ3v) is 6.62. The molecule has 8 nitrogen and oxygen atoms in total. The molecule has 4 N–H and O–H groups in total. The zero-order valence-electron chi connectivity index (χ0n) is 16.4. The summed E-state index contributed by atoms with van der Waals surface area (Å²) < 4.78 is 0. The van der Waals surface area contributed by atoms with Gasteiger partial charge in [-0.3, -0.25) is 14.6 Å². The Morgan fingerprint density at radius 2 is 1.31 bits per heavy atom. The highest BCUT2D eigenvalue weighted by Crippen LogP contribution is 2.50. The molecular weight excluding hydrogens is 338 g/mol. The van der Waals surface area contributed by atoms with Gasteiger partial charge in [0.15, 0.2) is 0 Å². The fourth-order valence-electron chi connectivity index (χ4n) is 3.81. The lowest BCUT2D eigenvalue weighted by Crippen LogP contribution is -2.46. The molecule has 0 saturated carbocycles. The number of carbonyl (C=O) groups is 1. The van der Waals surface area contributed by atoms with E-state index in [1.807, 2.05) is 21.0 Å². The van der Waals surface area contributed by atoms with Crippen LogP contribution < -0.4 is 0 Å². The summed E-state index contributed by atoms with van der Waals surface area (Å²) in [6.45, 7) is 4.29. The van der Waals surface area contributed by atoms with Crippen molar-refractivity contribution in [2.75, 3.05) is 60.6 Å². The van der Waals surface area contributed by atoms with Crippen molar-refractivity contribution in [1.82, 2.24) is 14.7 Å². The van der Waals surface area contributed by atoms with E-state index in [9.17, 15) is 9.90 Å². The lowest BCUT2D eigenvalue weighted by atomic mass is 9.76.